The van der Waals surface area contributed by atoms with Gasteiger partial charge < -0.3 is 10.1 Å². The minimum absolute atomic E-state index is 0.0733. The molecule has 0 aliphatic heterocycles. The summed E-state index contributed by atoms with van der Waals surface area (Å²) in [7, 11) is 1.51. The molecule has 25 heavy (non-hydrogen) atoms. The Morgan fingerprint density at radius 2 is 2.24 bits per heavy atom. The number of hydrogen-bond donors (Lipinski definition) is 1. The maximum atomic E-state index is 12.4. The number of nitrogens with one attached hydrogen (secondary N) is 1. The monoisotopic (exact) mass is 377 g/mol. The third-order valence-electron chi connectivity index (χ3n) is 3.21. The summed E-state index contributed by atoms with van der Waals surface area (Å²) in [5.41, 5.74) is 1.02. The first kappa shape index (κ1) is 19.0. The molecule has 0 unspecified atom stereocenters. The molecule has 0 aromatic carbocycles. The normalized spacial score (nSPS) is 11.0. The molecule has 1 amide bonds. The lowest BCUT2D eigenvalue weighted by atomic mass is 10.4. The maximum Gasteiger partial charge on any atom is 0.272 e. The maximum absolute atomic E-state index is 12.4. The Morgan fingerprint density at radius 1 is 1.48 bits per heavy atom. The van der Waals surface area contributed by atoms with E-state index in [0.29, 0.717) is 33.4 Å². The summed E-state index contributed by atoms with van der Waals surface area (Å²) in [6.45, 7) is 9.76. The summed E-state index contributed by atoms with van der Waals surface area (Å²) in [6.07, 6.45) is 3.21. The summed E-state index contributed by atoms with van der Waals surface area (Å²) in [6, 6.07) is 1.81. The molecule has 0 saturated heterocycles. The predicted molar refractivity (Wildman–Crippen MR) is 103 cm³/mol. The van der Waals surface area contributed by atoms with Crippen molar-refractivity contribution in [2.24, 2.45) is 0 Å². The number of thiophene rings is 1. The zero-order valence-corrected chi connectivity index (χ0v) is 15.7. The van der Waals surface area contributed by atoms with Crippen molar-refractivity contribution in [3.8, 4) is 0 Å². The number of fused-ring (bicyclic) bond motifs is 1. The molecule has 0 fully saturated rings. The lowest BCUT2D eigenvalue weighted by molar-refractivity contribution is -0.117. The van der Waals surface area contributed by atoms with Gasteiger partial charge in [-0.3, -0.25) is 14.2 Å². The van der Waals surface area contributed by atoms with Crippen molar-refractivity contribution in [2.75, 3.05) is 12.9 Å². The molecule has 2 heterocycles. The lowest BCUT2D eigenvalue weighted by Crippen LogP contribution is -2.25. The molecule has 2 rings (SSSR count). The number of amides is 1. The first-order chi connectivity index (χ1) is 12.0. The summed E-state index contributed by atoms with van der Waals surface area (Å²) in [5.74, 6) is 0.357. The number of rotatable bonds is 8. The highest BCUT2D eigenvalue weighted by Gasteiger charge is 2.13. The van der Waals surface area contributed by atoms with Crippen LogP contribution in [0.15, 0.2) is 58.2 Å². The Balaban J connectivity index is 2.03. The zero-order chi connectivity index (χ0) is 18.4. The number of methoxy groups -OCH3 is 1. The van der Waals surface area contributed by atoms with Gasteiger partial charge in [0.1, 0.15) is 10.5 Å². The SMILES string of the molecule is C=C(/C=C\C(=C)OC)NC(=O)CSc1nc2ccsc2c(=O)n1CC. The number of carbonyl (C=O) groups excluding carboxylic acids is 1. The van der Waals surface area contributed by atoms with E-state index >= 15 is 0 Å². The fourth-order valence-electron chi connectivity index (χ4n) is 1.96. The van der Waals surface area contributed by atoms with Gasteiger partial charge in [0.05, 0.1) is 18.4 Å². The van der Waals surface area contributed by atoms with Gasteiger partial charge in [-0.2, -0.15) is 0 Å². The third-order valence-corrected chi connectivity index (χ3v) is 5.08. The number of allylic oxidation sites excluding steroid dienone is 2. The molecule has 0 spiro atoms. The van der Waals surface area contributed by atoms with Gasteiger partial charge in [0.15, 0.2) is 5.16 Å². The van der Waals surface area contributed by atoms with Gasteiger partial charge in [0.2, 0.25) is 5.91 Å². The number of hydrogen-bond acceptors (Lipinski definition) is 6. The van der Waals surface area contributed by atoms with Crippen molar-refractivity contribution < 1.29 is 9.53 Å². The van der Waals surface area contributed by atoms with Crippen molar-refractivity contribution in [1.82, 2.24) is 14.9 Å². The van der Waals surface area contributed by atoms with E-state index < -0.39 is 0 Å². The number of ether oxygens (including phenoxy) is 1. The van der Waals surface area contributed by atoms with Crippen LogP contribution in [-0.4, -0.2) is 28.3 Å². The molecule has 0 saturated carbocycles. The van der Waals surface area contributed by atoms with E-state index in [2.05, 4.69) is 23.5 Å². The topological polar surface area (TPSA) is 73.2 Å². The standard InChI is InChI=1S/C17H19N3O3S2/c1-5-20-16(22)15-13(8-9-24-15)19-17(20)25-10-14(21)18-11(2)6-7-12(3)23-4/h6-9H,2-3,5,10H2,1,4H3,(H,18,21)/b7-6-. The average Bonchev–Trinajstić information content (AvgIpc) is 3.06. The van der Waals surface area contributed by atoms with E-state index in [1.54, 1.807) is 22.8 Å². The molecular weight excluding hydrogens is 358 g/mol. The quantitative estimate of drug-likeness (QED) is 0.331. The molecule has 0 bridgehead atoms. The predicted octanol–water partition coefficient (Wildman–Crippen LogP) is 2.92. The first-order valence-corrected chi connectivity index (χ1v) is 9.33. The van der Waals surface area contributed by atoms with Crippen LogP contribution in [0.1, 0.15) is 6.92 Å². The van der Waals surface area contributed by atoms with E-state index in [1.165, 1.54) is 30.2 Å². The smallest absolute Gasteiger partial charge is 0.272 e. The fourth-order valence-corrected chi connectivity index (χ4v) is 3.60. The number of aromatic nitrogens is 2. The summed E-state index contributed by atoms with van der Waals surface area (Å²) < 4.78 is 7.11. The molecular formula is C17H19N3O3S2. The largest absolute Gasteiger partial charge is 0.497 e. The Hall–Kier alpha value is -2.32. The second kappa shape index (κ2) is 8.68. The fraction of sp³-hybridized carbons (Fsp3) is 0.235. The number of carbonyl (C=O) groups is 1. The number of nitrogens with zero attached hydrogens (tertiary/aromatic N) is 2. The molecule has 2 aromatic rings. The van der Waals surface area contributed by atoms with E-state index in [0.717, 1.165) is 0 Å². The summed E-state index contributed by atoms with van der Waals surface area (Å²) in [5, 5.41) is 5.03. The van der Waals surface area contributed by atoms with Crippen LogP contribution >= 0.6 is 23.1 Å². The van der Waals surface area contributed by atoms with Crippen LogP contribution in [0.4, 0.5) is 0 Å². The van der Waals surface area contributed by atoms with Crippen molar-refractivity contribution in [1.29, 1.82) is 0 Å². The van der Waals surface area contributed by atoms with Gasteiger partial charge in [0, 0.05) is 12.2 Å². The van der Waals surface area contributed by atoms with E-state index in [9.17, 15) is 9.59 Å². The van der Waals surface area contributed by atoms with Gasteiger partial charge in [-0.05, 0) is 30.5 Å². The Kier molecular flexibility index (Phi) is 6.60. The Labute approximate surface area is 153 Å². The van der Waals surface area contributed by atoms with Crippen LogP contribution in [0.3, 0.4) is 0 Å². The molecule has 0 aliphatic carbocycles. The van der Waals surface area contributed by atoms with E-state index in [-0.39, 0.29) is 17.2 Å². The van der Waals surface area contributed by atoms with Gasteiger partial charge >= 0.3 is 0 Å². The van der Waals surface area contributed by atoms with Crippen LogP contribution in [0.5, 0.6) is 0 Å². The lowest BCUT2D eigenvalue weighted by Gasteiger charge is -2.10. The second-order valence-electron chi connectivity index (χ2n) is 4.94. The van der Waals surface area contributed by atoms with Gasteiger partial charge in [-0.1, -0.05) is 24.9 Å². The molecule has 132 valence electrons. The molecule has 1 N–H and O–H groups in total. The molecule has 0 aliphatic rings. The summed E-state index contributed by atoms with van der Waals surface area (Å²) in [4.78, 5) is 28.9. The highest BCUT2D eigenvalue weighted by atomic mass is 32.2. The van der Waals surface area contributed by atoms with E-state index in [4.69, 9.17) is 4.74 Å². The van der Waals surface area contributed by atoms with Gasteiger partial charge in [0.25, 0.3) is 5.56 Å². The van der Waals surface area contributed by atoms with Crippen molar-refractivity contribution in [2.45, 2.75) is 18.6 Å². The van der Waals surface area contributed by atoms with Crippen molar-refractivity contribution >= 4 is 39.2 Å². The van der Waals surface area contributed by atoms with Crippen LogP contribution < -0.4 is 10.9 Å². The van der Waals surface area contributed by atoms with Crippen LogP contribution in [0, 0.1) is 0 Å². The molecule has 0 atom stereocenters. The average molecular weight is 377 g/mol. The minimum atomic E-state index is -0.231. The molecule has 0 radical (unpaired) electrons. The molecule has 6 nitrogen and oxygen atoms in total. The summed E-state index contributed by atoms with van der Waals surface area (Å²) >= 11 is 2.59. The third kappa shape index (κ3) is 4.83. The highest BCUT2D eigenvalue weighted by molar-refractivity contribution is 7.99. The number of thioether (sulfide) groups is 1. The van der Waals surface area contributed by atoms with Gasteiger partial charge in [-0.25, -0.2) is 4.98 Å². The molecule has 2 aromatic heterocycles. The zero-order valence-electron chi connectivity index (χ0n) is 14.1. The van der Waals surface area contributed by atoms with Crippen LogP contribution in [-0.2, 0) is 16.1 Å². The Bertz CT molecular complexity index is 896. The highest BCUT2D eigenvalue weighted by Crippen LogP contribution is 2.20. The second-order valence-corrected chi connectivity index (χ2v) is 6.80. The first-order valence-electron chi connectivity index (χ1n) is 7.46. The molecule has 8 heteroatoms. The van der Waals surface area contributed by atoms with Crippen LogP contribution in [0.2, 0.25) is 0 Å². The van der Waals surface area contributed by atoms with Gasteiger partial charge in [-0.15, -0.1) is 11.3 Å². The van der Waals surface area contributed by atoms with Crippen molar-refractivity contribution in [3.63, 3.8) is 0 Å². The van der Waals surface area contributed by atoms with Crippen LogP contribution in [0.25, 0.3) is 10.2 Å². The minimum Gasteiger partial charge on any atom is -0.497 e. The van der Waals surface area contributed by atoms with Crippen molar-refractivity contribution in [3.05, 3.63) is 58.6 Å². The van der Waals surface area contributed by atoms with E-state index in [1.807, 2.05) is 12.3 Å². The Morgan fingerprint density at radius 3 is 2.92 bits per heavy atom.